The van der Waals surface area contributed by atoms with E-state index in [2.05, 4.69) is 4.99 Å². The first-order valence-corrected chi connectivity index (χ1v) is 6.08. The van der Waals surface area contributed by atoms with Crippen molar-refractivity contribution < 1.29 is 9.47 Å². The van der Waals surface area contributed by atoms with Crippen molar-refractivity contribution in [1.82, 2.24) is 0 Å². The summed E-state index contributed by atoms with van der Waals surface area (Å²) in [7, 11) is 1.67. The van der Waals surface area contributed by atoms with Crippen LogP contribution in [0.3, 0.4) is 0 Å². The molecule has 3 nitrogen and oxygen atoms in total. The molecule has 4 heteroatoms. The Labute approximate surface area is 106 Å². The van der Waals surface area contributed by atoms with Crippen LogP contribution in [0.5, 0.6) is 0 Å². The Kier molecular flexibility index (Phi) is 4.02. The molecule has 0 bridgehead atoms. The summed E-state index contributed by atoms with van der Waals surface area (Å²) in [5.41, 5.74) is 1.10. The molecule has 0 fully saturated rings. The zero-order valence-corrected chi connectivity index (χ0v) is 10.7. The molecule has 1 aromatic rings. The first kappa shape index (κ1) is 12.4. The van der Waals surface area contributed by atoms with Gasteiger partial charge < -0.3 is 9.47 Å². The first-order chi connectivity index (χ1) is 8.22. The van der Waals surface area contributed by atoms with E-state index >= 15 is 0 Å². The third-order valence-corrected chi connectivity index (χ3v) is 2.88. The van der Waals surface area contributed by atoms with E-state index in [9.17, 15) is 0 Å². The van der Waals surface area contributed by atoms with Crippen LogP contribution >= 0.6 is 11.6 Å². The molecule has 0 N–H and O–H groups in total. The molecule has 0 aromatic heterocycles. The van der Waals surface area contributed by atoms with Gasteiger partial charge in [0, 0.05) is 7.11 Å². The molecule has 1 heterocycles. The molecule has 1 aliphatic rings. The van der Waals surface area contributed by atoms with Gasteiger partial charge >= 0.3 is 0 Å². The SMILES string of the molecule is COC[C@@H]1N=C([C@H](C)Cl)O[C@H]1c1ccccc1. The summed E-state index contributed by atoms with van der Waals surface area (Å²) in [5.74, 6) is 0.600. The molecule has 0 saturated heterocycles. The van der Waals surface area contributed by atoms with Gasteiger partial charge in [0.1, 0.15) is 17.5 Å². The molecule has 0 saturated carbocycles. The van der Waals surface area contributed by atoms with E-state index < -0.39 is 0 Å². The van der Waals surface area contributed by atoms with E-state index in [0.717, 1.165) is 5.56 Å². The third kappa shape index (κ3) is 2.79. The van der Waals surface area contributed by atoms with Gasteiger partial charge in [-0.3, -0.25) is 0 Å². The summed E-state index contributed by atoms with van der Waals surface area (Å²) >= 11 is 6.01. The number of aliphatic imine (C=N–C) groups is 1. The average molecular weight is 254 g/mol. The Morgan fingerprint density at radius 2 is 2.12 bits per heavy atom. The topological polar surface area (TPSA) is 30.8 Å². The highest BCUT2D eigenvalue weighted by Gasteiger charge is 2.33. The number of benzene rings is 1. The summed E-state index contributed by atoms with van der Waals surface area (Å²) < 4.78 is 11.0. The fourth-order valence-electron chi connectivity index (χ4n) is 1.89. The summed E-state index contributed by atoms with van der Waals surface area (Å²) in [4.78, 5) is 4.47. The van der Waals surface area contributed by atoms with Gasteiger partial charge in [-0.05, 0) is 12.5 Å². The lowest BCUT2D eigenvalue weighted by Crippen LogP contribution is -2.19. The number of hydrogen-bond donors (Lipinski definition) is 0. The Morgan fingerprint density at radius 1 is 1.41 bits per heavy atom. The lowest BCUT2D eigenvalue weighted by Gasteiger charge is -2.17. The van der Waals surface area contributed by atoms with Crippen LogP contribution in [-0.2, 0) is 9.47 Å². The van der Waals surface area contributed by atoms with E-state index in [0.29, 0.717) is 12.5 Å². The number of rotatable bonds is 4. The molecular formula is C13H16ClNO2. The summed E-state index contributed by atoms with van der Waals surface area (Å²) in [5, 5.41) is -0.205. The van der Waals surface area contributed by atoms with Crippen LogP contribution in [0.2, 0.25) is 0 Å². The normalized spacial score (nSPS) is 25.2. The fraction of sp³-hybridized carbons (Fsp3) is 0.462. The second-order valence-electron chi connectivity index (χ2n) is 4.06. The van der Waals surface area contributed by atoms with Gasteiger partial charge in [0.25, 0.3) is 0 Å². The van der Waals surface area contributed by atoms with E-state index in [-0.39, 0.29) is 17.5 Å². The van der Waals surface area contributed by atoms with Gasteiger partial charge in [-0.15, -0.1) is 11.6 Å². The monoisotopic (exact) mass is 253 g/mol. The van der Waals surface area contributed by atoms with Crippen LogP contribution < -0.4 is 0 Å². The van der Waals surface area contributed by atoms with Crippen LogP contribution in [0.1, 0.15) is 18.6 Å². The average Bonchev–Trinajstić information content (AvgIpc) is 2.75. The Morgan fingerprint density at radius 3 is 2.71 bits per heavy atom. The van der Waals surface area contributed by atoms with Crippen LogP contribution in [0.25, 0.3) is 0 Å². The molecule has 3 atom stereocenters. The number of alkyl halides is 1. The predicted molar refractivity (Wildman–Crippen MR) is 68.7 cm³/mol. The van der Waals surface area contributed by atoms with Crippen molar-refractivity contribution in [3.8, 4) is 0 Å². The first-order valence-electron chi connectivity index (χ1n) is 5.64. The fourth-order valence-corrected chi connectivity index (χ4v) is 2.00. The zero-order chi connectivity index (χ0) is 12.3. The van der Waals surface area contributed by atoms with E-state index in [4.69, 9.17) is 21.1 Å². The number of methoxy groups -OCH3 is 1. The van der Waals surface area contributed by atoms with Crippen LogP contribution in [-0.4, -0.2) is 31.0 Å². The van der Waals surface area contributed by atoms with Crippen molar-refractivity contribution in [1.29, 1.82) is 0 Å². The summed E-state index contributed by atoms with van der Waals surface area (Å²) in [6, 6.07) is 10.0. The molecule has 0 radical (unpaired) electrons. The van der Waals surface area contributed by atoms with Gasteiger partial charge in [-0.25, -0.2) is 4.99 Å². The zero-order valence-electron chi connectivity index (χ0n) is 9.97. The highest BCUT2D eigenvalue weighted by atomic mass is 35.5. The summed E-state index contributed by atoms with van der Waals surface area (Å²) in [6.45, 7) is 2.39. The predicted octanol–water partition coefficient (Wildman–Crippen LogP) is 2.80. The van der Waals surface area contributed by atoms with Gasteiger partial charge in [-0.2, -0.15) is 0 Å². The largest absolute Gasteiger partial charge is 0.469 e. The molecule has 1 aliphatic heterocycles. The van der Waals surface area contributed by atoms with Gasteiger partial charge in [-0.1, -0.05) is 30.3 Å². The standard InChI is InChI=1S/C13H16ClNO2/c1-9(14)13-15-11(8-16-2)12(17-13)10-6-4-3-5-7-10/h3-7,9,11-12H,8H2,1-2H3/t9-,11-,12-/m0/s1. The minimum Gasteiger partial charge on any atom is -0.469 e. The number of nitrogens with zero attached hydrogens (tertiary/aromatic N) is 1. The quantitative estimate of drug-likeness (QED) is 0.773. The lowest BCUT2D eigenvalue weighted by molar-refractivity contribution is 0.119. The second-order valence-corrected chi connectivity index (χ2v) is 4.71. The van der Waals surface area contributed by atoms with Gasteiger partial charge in [0.15, 0.2) is 0 Å². The minimum absolute atomic E-state index is 0.0152. The summed E-state index contributed by atoms with van der Waals surface area (Å²) in [6.07, 6.45) is -0.0904. The van der Waals surface area contributed by atoms with E-state index in [1.165, 1.54) is 0 Å². The van der Waals surface area contributed by atoms with Crippen molar-refractivity contribution in [3.63, 3.8) is 0 Å². The van der Waals surface area contributed by atoms with Crippen molar-refractivity contribution in [3.05, 3.63) is 35.9 Å². The molecular weight excluding hydrogens is 238 g/mol. The molecule has 0 unspecified atom stereocenters. The van der Waals surface area contributed by atoms with Gasteiger partial charge in [0.2, 0.25) is 5.90 Å². The Bertz CT molecular complexity index is 392. The van der Waals surface area contributed by atoms with Crippen LogP contribution in [0.4, 0.5) is 0 Å². The maximum atomic E-state index is 6.01. The Hall–Kier alpha value is -1.06. The van der Waals surface area contributed by atoms with Crippen LogP contribution in [0.15, 0.2) is 35.3 Å². The maximum Gasteiger partial charge on any atom is 0.202 e. The van der Waals surface area contributed by atoms with Crippen molar-refractivity contribution in [2.45, 2.75) is 24.4 Å². The molecule has 0 aliphatic carbocycles. The smallest absolute Gasteiger partial charge is 0.202 e. The second kappa shape index (κ2) is 5.52. The highest BCUT2D eigenvalue weighted by molar-refractivity contribution is 6.30. The minimum atomic E-state index is -0.205. The van der Waals surface area contributed by atoms with Crippen LogP contribution in [0, 0.1) is 0 Å². The maximum absolute atomic E-state index is 6.01. The van der Waals surface area contributed by atoms with Crippen molar-refractivity contribution in [2.24, 2.45) is 4.99 Å². The Balaban J connectivity index is 2.18. The molecule has 17 heavy (non-hydrogen) atoms. The van der Waals surface area contributed by atoms with Gasteiger partial charge in [0.05, 0.1) is 6.61 Å². The molecule has 0 amide bonds. The highest BCUT2D eigenvalue weighted by Crippen LogP contribution is 2.30. The molecule has 0 spiro atoms. The lowest BCUT2D eigenvalue weighted by atomic mass is 10.0. The van der Waals surface area contributed by atoms with E-state index in [1.54, 1.807) is 7.11 Å². The number of halogens is 1. The van der Waals surface area contributed by atoms with E-state index in [1.807, 2.05) is 37.3 Å². The van der Waals surface area contributed by atoms with Crippen molar-refractivity contribution >= 4 is 17.5 Å². The molecule has 92 valence electrons. The van der Waals surface area contributed by atoms with Crippen molar-refractivity contribution in [2.75, 3.05) is 13.7 Å². The number of ether oxygens (including phenoxy) is 2. The molecule has 2 rings (SSSR count). The molecule has 1 aromatic carbocycles. The third-order valence-electron chi connectivity index (χ3n) is 2.70. The number of hydrogen-bond acceptors (Lipinski definition) is 3.